The van der Waals surface area contributed by atoms with Gasteiger partial charge in [-0.05, 0) is 56.4 Å². The second-order valence-electron chi connectivity index (χ2n) is 8.47. The van der Waals surface area contributed by atoms with Crippen LogP contribution in [0.4, 0.5) is 14.6 Å². The summed E-state index contributed by atoms with van der Waals surface area (Å²) in [6, 6.07) is 6.03. The van der Waals surface area contributed by atoms with E-state index in [2.05, 4.69) is 36.1 Å². The van der Waals surface area contributed by atoms with Crippen molar-refractivity contribution in [3.63, 3.8) is 0 Å². The van der Waals surface area contributed by atoms with Gasteiger partial charge in [-0.25, -0.2) is 8.78 Å². The summed E-state index contributed by atoms with van der Waals surface area (Å²) >= 11 is 0. The number of amides is 2. The molecule has 0 bridgehead atoms. The lowest BCUT2D eigenvalue weighted by Gasteiger charge is -2.16. The lowest BCUT2D eigenvalue weighted by Crippen LogP contribution is -2.19. The SMILES string of the molecule is CNC(=O)c1cn(CCCCc2ccc(NC(=O)Cc3cc(C(F)(F)C4CC4)ccn3)nn2)nn1. The van der Waals surface area contributed by atoms with Gasteiger partial charge in [-0.2, -0.15) is 5.10 Å². The van der Waals surface area contributed by atoms with E-state index in [-0.39, 0.29) is 35.1 Å². The zero-order valence-corrected chi connectivity index (χ0v) is 19.2. The van der Waals surface area contributed by atoms with Gasteiger partial charge in [0.1, 0.15) is 0 Å². The van der Waals surface area contributed by atoms with Crippen molar-refractivity contribution in [2.75, 3.05) is 12.4 Å². The van der Waals surface area contributed by atoms with Gasteiger partial charge in [0.25, 0.3) is 11.8 Å². The fourth-order valence-corrected chi connectivity index (χ4v) is 3.59. The molecule has 35 heavy (non-hydrogen) atoms. The maximum absolute atomic E-state index is 14.3. The Balaban J connectivity index is 1.21. The van der Waals surface area contributed by atoms with Crippen LogP contribution in [0.5, 0.6) is 0 Å². The molecule has 0 saturated heterocycles. The monoisotopic (exact) mass is 484 g/mol. The number of nitrogens with one attached hydrogen (secondary N) is 2. The molecule has 2 N–H and O–H groups in total. The molecule has 0 radical (unpaired) electrons. The first-order chi connectivity index (χ1) is 16.8. The molecule has 0 aromatic carbocycles. The van der Waals surface area contributed by atoms with Crippen molar-refractivity contribution in [1.82, 2.24) is 35.5 Å². The van der Waals surface area contributed by atoms with E-state index in [1.165, 1.54) is 25.4 Å². The number of rotatable bonds is 11. The summed E-state index contributed by atoms with van der Waals surface area (Å²) in [5, 5.41) is 21.0. The first-order valence-corrected chi connectivity index (χ1v) is 11.4. The van der Waals surface area contributed by atoms with E-state index in [0.29, 0.717) is 25.8 Å². The molecule has 2 amide bonds. The van der Waals surface area contributed by atoms with E-state index in [9.17, 15) is 18.4 Å². The predicted molar refractivity (Wildman–Crippen MR) is 122 cm³/mol. The number of nitrogens with zero attached hydrogens (tertiary/aromatic N) is 6. The summed E-state index contributed by atoms with van der Waals surface area (Å²) in [5.41, 5.74) is 1.22. The Bertz CT molecular complexity index is 1180. The first-order valence-electron chi connectivity index (χ1n) is 11.4. The second kappa shape index (κ2) is 10.6. The highest BCUT2D eigenvalue weighted by atomic mass is 19.3. The highest BCUT2D eigenvalue weighted by Crippen LogP contribution is 2.49. The number of carbonyl (C=O) groups excluding carboxylic acids is 2. The van der Waals surface area contributed by atoms with Gasteiger partial charge in [0.15, 0.2) is 11.5 Å². The lowest BCUT2D eigenvalue weighted by molar-refractivity contribution is -0.115. The van der Waals surface area contributed by atoms with E-state index < -0.39 is 17.7 Å². The minimum atomic E-state index is -2.89. The molecule has 1 aliphatic rings. The highest BCUT2D eigenvalue weighted by Gasteiger charge is 2.48. The van der Waals surface area contributed by atoms with Crippen molar-refractivity contribution in [1.29, 1.82) is 0 Å². The Morgan fingerprint density at radius 3 is 2.66 bits per heavy atom. The molecule has 1 saturated carbocycles. The van der Waals surface area contributed by atoms with Crippen LogP contribution in [0.3, 0.4) is 0 Å². The van der Waals surface area contributed by atoms with Crippen LogP contribution in [0.1, 0.15) is 53.1 Å². The van der Waals surface area contributed by atoms with Gasteiger partial charge < -0.3 is 10.6 Å². The molecule has 3 heterocycles. The molecular formula is C23H26F2N8O2. The zero-order valence-electron chi connectivity index (χ0n) is 19.2. The van der Waals surface area contributed by atoms with Crippen LogP contribution in [0.2, 0.25) is 0 Å². The molecule has 3 aromatic heterocycles. The van der Waals surface area contributed by atoms with Gasteiger partial charge in [0, 0.05) is 31.3 Å². The van der Waals surface area contributed by atoms with Crippen LogP contribution in [0.15, 0.2) is 36.7 Å². The molecule has 0 spiro atoms. The number of pyridine rings is 1. The summed E-state index contributed by atoms with van der Waals surface area (Å²) in [4.78, 5) is 27.9. The zero-order chi connectivity index (χ0) is 24.8. The molecule has 3 aromatic rings. The van der Waals surface area contributed by atoms with Crippen LogP contribution in [0.25, 0.3) is 0 Å². The van der Waals surface area contributed by atoms with Crippen LogP contribution in [0, 0.1) is 5.92 Å². The van der Waals surface area contributed by atoms with Gasteiger partial charge >= 0.3 is 0 Å². The molecule has 0 atom stereocenters. The Labute approximate surface area is 200 Å². The Hall–Kier alpha value is -3.83. The smallest absolute Gasteiger partial charge is 0.276 e. The van der Waals surface area contributed by atoms with E-state index in [1.807, 2.05) is 0 Å². The molecule has 4 rings (SSSR count). The fraction of sp³-hybridized carbons (Fsp3) is 0.435. The van der Waals surface area contributed by atoms with Gasteiger partial charge in [0.05, 0.1) is 24.0 Å². The van der Waals surface area contributed by atoms with Crippen LogP contribution < -0.4 is 10.6 Å². The Morgan fingerprint density at radius 1 is 1.11 bits per heavy atom. The average molecular weight is 485 g/mol. The van der Waals surface area contributed by atoms with Crippen LogP contribution in [-0.4, -0.2) is 49.0 Å². The van der Waals surface area contributed by atoms with Gasteiger partial charge in [0.2, 0.25) is 5.91 Å². The number of aromatic nitrogens is 6. The maximum atomic E-state index is 14.3. The average Bonchev–Trinajstić information content (AvgIpc) is 3.62. The number of carbonyl (C=O) groups is 2. The highest BCUT2D eigenvalue weighted by molar-refractivity contribution is 5.91. The molecule has 0 unspecified atom stereocenters. The van der Waals surface area contributed by atoms with Gasteiger partial charge in [-0.1, -0.05) is 5.21 Å². The minimum absolute atomic E-state index is 0.0994. The third kappa shape index (κ3) is 6.40. The molecular weight excluding hydrogens is 458 g/mol. The summed E-state index contributed by atoms with van der Waals surface area (Å²) in [6.07, 6.45) is 6.12. The second-order valence-corrected chi connectivity index (χ2v) is 8.47. The summed E-state index contributed by atoms with van der Waals surface area (Å²) in [5.74, 6) is -3.92. The van der Waals surface area contributed by atoms with Crippen molar-refractivity contribution in [3.8, 4) is 0 Å². The molecule has 1 fully saturated rings. The summed E-state index contributed by atoms with van der Waals surface area (Å²) in [6.45, 7) is 0.618. The summed E-state index contributed by atoms with van der Waals surface area (Å²) in [7, 11) is 1.54. The predicted octanol–water partition coefficient (Wildman–Crippen LogP) is 2.53. The molecule has 10 nitrogen and oxygen atoms in total. The van der Waals surface area contributed by atoms with Gasteiger partial charge in [-0.3, -0.25) is 19.3 Å². The largest absolute Gasteiger partial charge is 0.354 e. The topological polar surface area (TPSA) is 128 Å². The Morgan fingerprint density at radius 2 is 1.94 bits per heavy atom. The third-order valence-electron chi connectivity index (χ3n) is 5.69. The van der Waals surface area contributed by atoms with E-state index >= 15 is 0 Å². The van der Waals surface area contributed by atoms with Crippen LogP contribution >= 0.6 is 0 Å². The number of hydrogen-bond donors (Lipinski definition) is 2. The molecule has 12 heteroatoms. The van der Waals surface area contributed by atoms with Crippen molar-refractivity contribution in [2.24, 2.45) is 5.92 Å². The summed E-state index contributed by atoms with van der Waals surface area (Å²) < 4.78 is 30.2. The number of hydrogen-bond acceptors (Lipinski definition) is 7. The van der Waals surface area contributed by atoms with E-state index in [1.54, 1.807) is 23.0 Å². The van der Waals surface area contributed by atoms with Crippen molar-refractivity contribution >= 4 is 17.6 Å². The van der Waals surface area contributed by atoms with Gasteiger partial charge in [-0.15, -0.1) is 10.2 Å². The van der Waals surface area contributed by atoms with Crippen molar-refractivity contribution in [2.45, 2.75) is 51.0 Å². The standard InChI is InChI=1S/C23H26F2N8O2/c1-26-22(35)19-14-33(32-30-19)11-3-2-4-17-7-8-20(31-29-17)28-21(34)13-18-12-16(9-10-27-18)23(24,25)15-5-6-15/h7-10,12,14-15H,2-6,11,13H2,1H3,(H,26,35)(H,28,31,34). The Kier molecular flexibility index (Phi) is 7.37. The van der Waals surface area contributed by atoms with E-state index in [4.69, 9.17) is 0 Å². The number of anilines is 1. The maximum Gasteiger partial charge on any atom is 0.276 e. The third-order valence-corrected chi connectivity index (χ3v) is 5.69. The number of halogens is 2. The number of aryl methyl sites for hydroxylation is 2. The molecule has 1 aliphatic carbocycles. The quantitative estimate of drug-likeness (QED) is 0.400. The number of alkyl halides is 2. The first kappa shape index (κ1) is 24.3. The van der Waals surface area contributed by atoms with Crippen LogP contribution in [-0.2, 0) is 30.1 Å². The fourth-order valence-electron chi connectivity index (χ4n) is 3.59. The van der Waals surface area contributed by atoms with Crippen molar-refractivity contribution in [3.05, 3.63) is 59.3 Å². The minimum Gasteiger partial charge on any atom is -0.354 e. The molecule has 184 valence electrons. The number of unbranched alkanes of at least 4 members (excludes halogenated alkanes) is 1. The van der Waals surface area contributed by atoms with E-state index in [0.717, 1.165) is 18.5 Å². The molecule has 0 aliphatic heterocycles. The van der Waals surface area contributed by atoms with Crippen molar-refractivity contribution < 1.29 is 18.4 Å². The normalized spacial score (nSPS) is 13.5. The lowest BCUT2D eigenvalue weighted by atomic mass is 10.0.